The first-order chi connectivity index (χ1) is 11.1. The summed E-state index contributed by atoms with van der Waals surface area (Å²) in [6.07, 6.45) is 1.87. The summed E-state index contributed by atoms with van der Waals surface area (Å²) in [5.74, 6) is -0.406. The number of ether oxygens (including phenoxy) is 2. The van der Waals surface area contributed by atoms with Gasteiger partial charge in [0.25, 0.3) is 0 Å². The van der Waals surface area contributed by atoms with Crippen LogP contribution in [-0.4, -0.2) is 29.3 Å². The Bertz CT molecular complexity index is 657. The van der Waals surface area contributed by atoms with Gasteiger partial charge in [-0.05, 0) is 54.8 Å². The zero-order chi connectivity index (χ0) is 15.6. The average molecular weight is 318 g/mol. The Morgan fingerprint density at radius 2 is 1.35 bits per heavy atom. The third kappa shape index (κ3) is 1.24. The molecule has 7 fully saturated rings. The molecule has 6 heteroatoms. The maximum atomic E-state index is 12.2. The first-order valence-electron chi connectivity index (χ1n) is 8.72. The van der Waals surface area contributed by atoms with Crippen LogP contribution in [0.15, 0.2) is 0 Å². The van der Waals surface area contributed by atoms with E-state index in [0.29, 0.717) is 11.8 Å². The molecule has 7 rings (SSSR count). The van der Waals surface area contributed by atoms with Crippen molar-refractivity contribution in [3.8, 4) is 0 Å². The van der Waals surface area contributed by atoms with Crippen LogP contribution in [0.3, 0.4) is 0 Å². The lowest BCUT2D eigenvalue weighted by atomic mass is 9.46. The molecule has 11 atom stereocenters. The Hall–Kier alpha value is -1.43. The SMILES string of the molecule is O=C1OC(=O)C2C3CC(C12)C1C2CCC(C4C(O)OC(=O)C24)C31. The minimum Gasteiger partial charge on any atom is -0.435 e. The monoisotopic (exact) mass is 318 g/mol. The minimum absolute atomic E-state index is 0.117. The Morgan fingerprint density at radius 1 is 0.739 bits per heavy atom. The maximum Gasteiger partial charge on any atom is 0.317 e. The summed E-state index contributed by atoms with van der Waals surface area (Å²) in [5, 5.41) is 10.2. The fraction of sp³-hybridized carbons (Fsp3) is 0.824. The number of esters is 3. The largest absolute Gasteiger partial charge is 0.435 e. The number of aliphatic hydroxyl groups is 1. The molecule has 2 aliphatic heterocycles. The van der Waals surface area contributed by atoms with Crippen molar-refractivity contribution in [2.24, 2.45) is 59.2 Å². The second-order valence-electron chi connectivity index (χ2n) is 8.35. The van der Waals surface area contributed by atoms with Gasteiger partial charge < -0.3 is 14.6 Å². The van der Waals surface area contributed by atoms with E-state index in [2.05, 4.69) is 0 Å². The Kier molecular flexibility index (Phi) is 2.13. The molecule has 4 bridgehead atoms. The third-order valence-electron chi connectivity index (χ3n) is 8.06. The van der Waals surface area contributed by atoms with Crippen LogP contribution < -0.4 is 0 Å². The number of fused-ring (bicyclic) bond motifs is 6. The van der Waals surface area contributed by atoms with Crippen LogP contribution in [0.2, 0.25) is 0 Å². The van der Waals surface area contributed by atoms with E-state index >= 15 is 0 Å². The number of carbonyl (C=O) groups excluding carboxylic acids is 3. The highest BCUT2D eigenvalue weighted by Crippen LogP contribution is 2.72. The lowest BCUT2D eigenvalue weighted by Gasteiger charge is -2.56. The Balaban J connectivity index is 1.46. The number of aliphatic hydroxyl groups excluding tert-OH is 1. The average Bonchev–Trinajstić information content (AvgIpc) is 3.24. The van der Waals surface area contributed by atoms with Gasteiger partial charge in [0.2, 0.25) is 6.29 Å². The van der Waals surface area contributed by atoms with Crippen molar-refractivity contribution >= 4 is 17.9 Å². The number of hydrogen-bond acceptors (Lipinski definition) is 6. The molecule has 0 aromatic rings. The highest BCUT2D eigenvalue weighted by atomic mass is 16.6. The third-order valence-corrected chi connectivity index (χ3v) is 8.06. The number of hydrogen-bond donors (Lipinski definition) is 1. The van der Waals surface area contributed by atoms with Crippen LogP contribution >= 0.6 is 0 Å². The molecule has 0 amide bonds. The first-order valence-corrected chi connectivity index (χ1v) is 8.72. The van der Waals surface area contributed by atoms with Crippen LogP contribution in [-0.2, 0) is 23.9 Å². The molecule has 11 unspecified atom stereocenters. The summed E-state index contributed by atoms with van der Waals surface area (Å²) < 4.78 is 10.1. The van der Waals surface area contributed by atoms with Crippen LogP contribution in [0, 0.1) is 59.2 Å². The molecule has 23 heavy (non-hydrogen) atoms. The summed E-state index contributed by atoms with van der Waals surface area (Å²) >= 11 is 0. The van der Waals surface area contributed by atoms with Gasteiger partial charge in [0.1, 0.15) is 0 Å². The van der Waals surface area contributed by atoms with E-state index < -0.39 is 6.29 Å². The Morgan fingerprint density at radius 3 is 2.04 bits per heavy atom. The highest BCUT2D eigenvalue weighted by molar-refractivity contribution is 5.97. The van der Waals surface area contributed by atoms with E-state index in [1.165, 1.54) is 0 Å². The Labute approximate surface area is 132 Å². The normalized spacial score (nSPS) is 61.3. The molecule has 2 heterocycles. The molecule has 7 aliphatic rings. The molecule has 0 radical (unpaired) electrons. The maximum absolute atomic E-state index is 12.2. The van der Waals surface area contributed by atoms with Crippen LogP contribution in [0.4, 0.5) is 0 Å². The van der Waals surface area contributed by atoms with Gasteiger partial charge in [-0.25, -0.2) is 0 Å². The van der Waals surface area contributed by atoms with E-state index in [0.717, 1.165) is 19.3 Å². The number of carbonyl (C=O) groups is 3. The van der Waals surface area contributed by atoms with Crippen molar-refractivity contribution in [1.82, 2.24) is 0 Å². The second kappa shape index (κ2) is 3.79. The molecule has 5 saturated carbocycles. The molecule has 6 nitrogen and oxygen atoms in total. The van der Waals surface area contributed by atoms with E-state index in [1.54, 1.807) is 0 Å². The van der Waals surface area contributed by atoms with Crippen LogP contribution in [0.5, 0.6) is 0 Å². The molecule has 122 valence electrons. The zero-order valence-electron chi connectivity index (χ0n) is 12.5. The molecular formula is C17H18O6. The topological polar surface area (TPSA) is 89.9 Å². The molecule has 0 spiro atoms. The van der Waals surface area contributed by atoms with Gasteiger partial charge in [0.05, 0.1) is 17.8 Å². The summed E-state index contributed by atoms with van der Waals surface area (Å²) in [5.41, 5.74) is 0. The number of cyclic esters (lactones) is 3. The minimum atomic E-state index is -0.992. The van der Waals surface area contributed by atoms with E-state index in [4.69, 9.17) is 9.47 Å². The van der Waals surface area contributed by atoms with Crippen molar-refractivity contribution in [3.05, 3.63) is 0 Å². The van der Waals surface area contributed by atoms with E-state index in [9.17, 15) is 19.5 Å². The zero-order valence-corrected chi connectivity index (χ0v) is 12.5. The van der Waals surface area contributed by atoms with Gasteiger partial charge in [-0.15, -0.1) is 0 Å². The van der Waals surface area contributed by atoms with Gasteiger partial charge in [-0.2, -0.15) is 0 Å². The molecule has 0 aromatic carbocycles. The van der Waals surface area contributed by atoms with Gasteiger partial charge in [-0.1, -0.05) is 0 Å². The van der Waals surface area contributed by atoms with Crippen molar-refractivity contribution in [3.63, 3.8) is 0 Å². The molecular weight excluding hydrogens is 300 g/mol. The van der Waals surface area contributed by atoms with E-state index in [1.807, 2.05) is 0 Å². The summed E-state index contributed by atoms with van der Waals surface area (Å²) in [7, 11) is 0. The predicted molar refractivity (Wildman–Crippen MR) is 71.9 cm³/mol. The molecule has 0 aromatic heterocycles. The summed E-state index contributed by atoms with van der Waals surface area (Å²) in [4.78, 5) is 36.4. The fourth-order valence-electron chi connectivity index (χ4n) is 7.77. The molecule has 5 aliphatic carbocycles. The van der Waals surface area contributed by atoms with Crippen molar-refractivity contribution in [2.45, 2.75) is 25.6 Å². The summed E-state index contributed by atoms with van der Waals surface area (Å²) in [6.45, 7) is 0. The van der Waals surface area contributed by atoms with Gasteiger partial charge >= 0.3 is 17.9 Å². The predicted octanol–water partition coefficient (Wildman–Crippen LogP) is 0.332. The van der Waals surface area contributed by atoms with Crippen LogP contribution in [0.1, 0.15) is 19.3 Å². The highest BCUT2D eigenvalue weighted by Gasteiger charge is 2.74. The van der Waals surface area contributed by atoms with Gasteiger partial charge in [-0.3, -0.25) is 14.4 Å². The summed E-state index contributed by atoms with van der Waals surface area (Å²) in [6, 6.07) is 0. The van der Waals surface area contributed by atoms with Crippen molar-refractivity contribution in [2.75, 3.05) is 0 Å². The fourth-order valence-corrected chi connectivity index (χ4v) is 7.77. The van der Waals surface area contributed by atoms with Crippen LogP contribution in [0.25, 0.3) is 0 Å². The molecule has 2 saturated heterocycles. The standard InChI is InChI=1S/C17H18O6/c18-14-10-4-1-2-5(11(10)15(19)22-14)9-7-3-6(8(4)9)12-13(7)17(21)23-16(12)20/h4-14,18H,1-3H2. The van der Waals surface area contributed by atoms with Crippen molar-refractivity contribution in [1.29, 1.82) is 0 Å². The second-order valence-corrected chi connectivity index (χ2v) is 8.35. The smallest absolute Gasteiger partial charge is 0.317 e. The lowest BCUT2D eigenvalue weighted by molar-refractivity contribution is -0.159. The van der Waals surface area contributed by atoms with Crippen molar-refractivity contribution < 1.29 is 29.0 Å². The van der Waals surface area contributed by atoms with Gasteiger partial charge in [0, 0.05) is 5.92 Å². The number of rotatable bonds is 0. The first kappa shape index (κ1) is 12.9. The van der Waals surface area contributed by atoms with E-state index in [-0.39, 0.29) is 65.3 Å². The molecule has 1 N–H and O–H groups in total. The van der Waals surface area contributed by atoms with Gasteiger partial charge in [0.15, 0.2) is 0 Å². The quantitative estimate of drug-likeness (QED) is 0.511. The lowest BCUT2D eigenvalue weighted by Crippen LogP contribution is -2.56.